The van der Waals surface area contributed by atoms with Crippen LogP contribution < -0.4 is 0 Å². The lowest BCUT2D eigenvalue weighted by molar-refractivity contribution is 0.590. The van der Waals surface area contributed by atoms with E-state index in [1.54, 1.807) is 0 Å². The summed E-state index contributed by atoms with van der Waals surface area (Å²) in [5, 5.41) is 2.57. The van der Waals surface area contributed by atoms with Crippen LogP contribution in [-0.4, -0.2) is 4.57 Å². The predicted octanol–water partition coefficient (Wildman–Crippen LogP) is 14.4. The Labute approximate surface area is 335 Å². The first-order chi connectivity index (χ1) is 27.7. The summed E-state index contributed by atoms with van der Waals surface area (Å²) < 4.78 is 2.53. The first kappa shape index (κ1) is 33.9. The molecule has 0 saturated carbocycles. The van der Waals surface area contributed by atoms with Crippen molar-refractivity contribution in [2.75, 3.05) is 0 Å². The fraction of sp³-hybridized carbons (Fsp3) is 0.143. The molecule has 0 bridgehead atoms. The lowest BCUT2D eigenvalue weighted by atomic mass is 9.65. The van der Waals surface area contributed by atoms with Crippen molar-refractivity contribution < 1.29 is 0 Å². The molecule has 1 aromatic heterocycles. The second-order valence-corrected chi connectivity index (χ2v) is 17.7. The molecule has 9 aromatic rings. The molecule has 57 heavy (non-hydrogen) atoms. The van der Waals surface area contributed by atoms with Gasteiger partial charge in [0, 0.05) is 21.9 Å². The standard InChI is InChI=1S/C56H45N/c1-54(2,3)39-31-44(36-19-9-6-10-20-36)53-47(32-39)42-30-29-40(33-50(42)56(53,37-21-11-7-12-22-37)38-23-13-8-14-24-38)57-51-28-18-16-26-43(51)46-34-45-41-25-15-17-27-48(41)55(4,5)49(45)35-52(46)57/h6-35H,1-5H3. The predicted molar refractivity (Wildman–Crippen MR) is 240 cm³/mol. The van der Waals surface area contributed by atoms with Gasteiger partial charge >= 0.3 is 0 Å². The minimum atomic E-state index is -0.575. The maximum Gasteiger partial charge on any atom is 0.0720 e. The Morgan fingerprint density at radius 1 is 0.421 bits per heavy atom. The fourth-order valence-corrected chi connectivity index (χ4v) is 10.5. The van der Waals surface area contributed by atoms with Gasteiger partial charge in [-0.15, -0.1) is 0 Å². The zero-order valence-electron chi connectivity index (χ0n) is 33.3. The highest BCUT2D eigenvalue weighted by Gasteiger charge is 2.48. The molecule has 0 aliphatic heterocycles. The molecule has 2 aliphatic rings. The Morgan fingerprint density at radius 2 is 1.02 bits per heavy atom. The van der Waals surface area contributed by atoms with E-state index in [2.05, 4.69) is 221 Å². The van der Waals surface area contributed by atoms with Gasteiger partial charge in [0.15, 0.2) is 0 Å². The van der Waals surface area contributed by atoms with Gasteiger partial charge in [0.2, 0.25) is 0 Å². The second-order valence-electron chi connectivity index (χ2n) is 17.7. The molecule has 0 unspecified atom stereocenters. The van der Waals surface area contributed by atoms with Gasteiger partial charge in [-0.1, -0.05) is 186 Å². The molecule has 1 nitrogen and oxygen atoms in total. The van der Waals surface area contributed by atoms with Crippen LogP contribution in [0.1, 0.15) is 73.6 Å². The topological polar surface area (TPSA) is 4.93 Å². The maximum atomic E-state index is 2.53. The summed E-state index contributed by atoms with van der Waals surface area (Å²) in [7, 11) is 0. The summed E-state index contributed by atoms with van der Waals surface area (Å²) in [4.78, 5) is 0. The highest BCUT2D eigenvalue weighted by molar-refractivity contribution is 6.12. The highest BCUT2D eigenvalue weighted by Crippen LogP contribution is 2.60. The lowest BCUT2D eigenvalue weighted by Gasteiger charge is -2.36. The zero-order valence-corrected chi connectivity index (χ0v) is 33.3. The van der Waals surface area contributed by atoms with Gasteiger partial charge in [-0.05, 0) is 108 Å². The van der Waals surface area contributed by atoms with E-state index in [-0.39, 0.29) is 10.8 Å². The van der Waals surface area contributed by atoms with Crippen LogP contribution in [0, 0.1) is 0 Å². The summed E-state index contributed by atoms with van der Waals surface area (Å²) in [6.07, 6.45) is 0. The summed E-state index contributed by atoms with van der Waals surface area (Å²) >= 11 is 0. The van der Waals surface area contributed by atoms with Crippen molar-refractivity contribution in [3.05, 3.63) is 221 Å². The van der Waals surface area contributed by atoms with Crippen LogP contribution in [0.5, 0.6) is 0 Å². The van der Waals surface area contributed by atoms with E-state index in [1.165, 1.54) is 99.8 Å². The van der Waals surface area contributed by atoms with Crippen molar-refractivity contribution in [3.63, 3.8) is 0 Å². The number of hydrogen-bond donors (Lipinski definition) is 0. The zero-order chi connectivity index (χ0) is 38.7. The van der Waals surface area contributed by atoms with Gasteiger partial charge in [0.05, 0.1) is 16.4 Å². The summed E-state index contributed by atoms with van der Waals surface area (Å²) in [5.41, 5.74) is 20.1. The van der Waals surface area contributed by atoms with Crippen LogP contribution in [0.3, 0.4) is 0 Å². The van der Waals surface area contributed by atoms with Gasteiger partial charge in [-0.3, -0.25) is 0 Å². The molecule has 0 amide bonds. The Morgan fingerprint density at radius 3 is 1.72 bits per heavy atom. The van der Waals surface area contributed by atoms with Crippen LogP contribution in [0.15, 0.2) is 182 Å². The first-order valence-corrected chi connectivity index (χ1v) is 20.4. The third-order valence-electron chi connectivity index (χ3n) is 13.2. The number of para-hydroxylation sites is 1. The van der Waals surface area contributed by atoms with E-state index >= 15 is 0 Å². The van der Waals surface area contributed by atoms with Crippen molar-refractivity contribution in [2.45, 2.75) is 50.9 Å². The van der Waals surface area contributed by atoms with Gasteiger partial charge in [0.1, 0.15) is 0 Å². The molecule has 0 fully saturated rings. The monoisotopic (exact) mass is 731 g/mol. The van der Waals surface area contributed by atoms with Crippen molar-refractivity contribution in [2.24, 2.45) is 0 Å². The van der Waals surface area contributed by atoms with Gasteiger partial charge in [-0.2, -0.15) is 0 Å². The van der Waals surface area contributed by atoms with Crippen LogP contribution in [-0.2, 0) is 16.2 Å². The fourth-order valence-electron chi connectivity index (χ4n) is 10.5. The SMILES string of the molecule is CC(C)(C)c1cc(-c2ccccc2)c2c(c1)-c1ccc(-n3c4ccccc4c4cc5c(cc43)C(C)(C)c3ccccc3-5)cc1C2(c1ccccc1)c1ccccc1. The molecule has 1 heteroatoms. The molecule has 274 valence electrons. The summed E-state index contributed by atoms with van der Waals surface area (Å²) in [6.45, 7) is 11.8. The quantitative estimate of drug-likeness (QED) is 0.170. The highest BCUT2D eigenvalue weighted by atomic mass is 15.0. The second kappa shape index (κ2) is 12.0. The van der Waals surface area contributed by atoms with Gasteiger partial charge in [-0.25, -0.2) is 0 Å². The molecular formula is C56H45N. The van der Waals surface area contributed by atoms with Crippen LogP contribution in [0.25, 0.3) is 60.9 Å². The number of aromatic nitrogens is 1. The molecule has 8 aromatic carbocycles. The van der Waals surface area contributed by atoms with Crippen molar-refractivity contribution in [1.82, 2.24) is 4.57 Å². The van der Waals surface area contributed by atoms with Crippen LogP contribution in [0.4, 0.5) is 0 Å². The van der Waals surface area contributed by atoms with E-state index < -0.39 is 5.41 Å². The molecule has 0 radical (unpaired) electrons. The minimum absolute atomic E-state index is 0.0416. The largest absolute Gasteiger partial charge is 0.309 e. The molecule has 2 aliphatic carbocycles. The normalized spacial score (nSPS) is 14.7. The number of fused-ring (bicyclic) bond motifs is 9. The Kier molecular flexibility index (Phi) is 7.15. The number of benzene rings is 8. The maximum absolute atomic E-state index is 2.53. The molecule has 11 rings (SSSR count). The lowest BCUT2D eigenvalue weighted by Crippen LogP contribution is -2.29. The smallest absolute Gasteiger partial charge is 0.0720 e. The van der Waals surface area contributed by atoms with Crippen LogP contribution >= 0.6 is 0 Å². The summed E-state index contributed by atoms with van der Waals surface area (Å²) in [5.74, 6) is 0. The Bertz CT molecular complexity index is 3010. The van der Waals surface area contributed by atoms with Crippen molar-refractivity contribution in [3.8, 4) is 39.1 Å². The van der Waals surface area contributed by atoms with Gasteiger partial charge < -0.3 is 4.57 Å². The third kappa shape index (κ3) is 4.69. The first-order valence-electron chi connectivity index (χ1n) is 20.4. The minimum Gasteiger partial charge on any atom is -0.309 e. The molecule has 0 atom stereocenters. The number of rotatable bonds is 4. The average Bonchev–Trinajstić information content (AvgIpc) is 3.81. The molecule has 1 heterocycles. The third-order valence-corrected chi connectivity index (χ3v) is 13.2. The Hall–Kier alpha value is -6.44. The van der Waals surface area contributed by atoms with E-state index in [4.69, 9.17) is 0 Å². The number of nitrogens with zero attached hydrogens (tertiary/aromatic N) is 1. The van der Waals surface area contributed by atoms with Crippen molar-refractivity contribution >= 4 is 21.8 Å². The average molecular weight is 732 g/mol. The van der Waals surface area contributed by atoms with E-state index in [1.807, 2.05) is 0 Å². The van der Waals surface area contributed by atoms with Crippen molar-refractivity contribution in [1.29, 1.82) is 0 Å². The van der Waals surface area contributed by atoms with E-state index in [9.17, 15) is 0 Å². The van der Waals surface area contributed by atoms with Gasteiger partial charge in [0.25, 0.3) is 0 Å². The molecule has 0 spiro atoms. The van der Waals surface area contributed by atoms with Crippen LogP contribution in [0.2, 0.25) is 0 Å². The van der Waals surface area contributed by atoms with E-state index in [0.717, 1.165) is 0 Å². The molecule has 0 N–H and O–H groups in total. The summed E-state index contributed by atoms with van der Waals surface area (Å²) in [6, 6.07) is 68.8. The molecule has 0 saturated heterocycles. The molecular weight excluding hydrogens is 687 g/mol. The Balaban J connectivity index is 1.27. The number of hydrogen-bond acceptors (Lipinski definition) is 0. The van der Waals surface area contributed by atoms with E-state index in [0.29, 0.717) is 0 Å².